The number of piperazine rings is 1. The van der Waals surface area contributed by atoms with Gasteiger partial charge in [-0.05, 0) is 95.0 Å². The lowest BCUT2D eigenvalue weighted by Crippen LogP contribution is -2.49. The standard InChI is InChI=1S/C42H46FN5O5/c1-25-29-14-11-21-52-37(29)32(43)23-30(25)36-31-24-34(46(6)39(31)45-26(2)35(36)38(41(50)51-7)53-42(3,4)5)27-15-16-44-33(22-27)40(49)48-19-17-47(18-20-48)28-12-9-8-10-13-28/h8-10,12-13,15-16,22-24,38H,11,14,17-21H2,1-7H3. The average molecular weight is 720 g/mol. The first-order valence-corrected chi connectivity index (χ1v) is 18.1. The number of halogens is 1. The zero-order valence-electron chi connectivity index (χ0n) is 31.5. The van der Waals surface area contributed by atoms with Gasteiger partial charge in [-0.15, -0.1) is 0 Å². The Morgan fingerprint density at radius 1 is 1.00 bits per heavy atom. The number of aryl methyl sites for hydroxylation is 2. The lowest BCUT2D eigenvalue weighted by molar-refractivity contribution is -0.164. The molecule has 0 radical (unpaired) electrons. The first kappa shape index (κ1) is 36.1. The predicted molar refractivity (Wildman–Crippen MR) is 203 cm³/mol. The first-order chi connectivity index (χ1) is 25.4. The number of hydrogen-bond acceptors (Lipinski definition) is 8. The zero-order valence-corrected chi connectivity index (χ0v) is 31.5. The van der Waals surface area contributed by atoms with E-state index >= 15 is 4.39 Å². The van der Waals surface area contributed by atoms with E-state index in [4.69, 9.17) is 19.2 Å². The van der Waals surface area contributed by atoms with Crippen LogP contribution in [-0.4, -0.2) is 76.8 Å². The maximum absolute atomic E-state index is 15.9. The van der Waals surface area contributed by atoms with Gasteiger partial charge in [0.15, 0.2) is 17.7 Å². The molecule has 1 atom stereocenters. The third kappa shape index (κ3) is 6.85. The summed E-state index contributed by atoms with van der Waals surface area (Å²) in [6.07, 6.45) is 1.95. The number of benzene rings is 2. The molecule has 2 aliphatic rings. The number of hydrogen-bond donors (Lipinski definition) is 0. The molecule has 7 rings (SSSR count). The lowest BCUT2D eigenvalue weighted by atomic mass is 9.86. The number of pyridine rings is 2. The van der Waals surface area contributed by atoms with Crippen molar-refractivity contribution in [2.45, 2.75) is 59.2 Å². The van der Waals surface area contributed by atoms with E-state index < -0.39 is 23.5 Å². The highest BCUT2D eigenvalue weighted by molar-refractivity contribution is 6.02. The van der Waals surface area contributed by atoms with E-state index in [1.807, 2.05) is 87.5 Å². The predicted octanol–water partition coefficient (Wildman–Crippen LogP) is 7.37. The van der Waals surface area contributed by atoms with Crippen LogP contribution in [0, 0.1) is 19.7 Å². The van der Waals surface area contributed by atoms with Crippen LogP contribution >= 0.6 is 0 Å². The van der Waals surface area contributed by atoms with Crippen LogP contribution in [0.2, 0.25) is 0 Å². The minimum atomic E-state index is -1.14. The highest BCUT2D eigenvalue weighted by Crippen LogP contribution is 2.45. The Balaban J connectivity index is 1.35. The van der Waals surface area contributed by atoms with Crippen LogP contribution in [0.1, 0.15) is 66.2 Å². The largest absolute Gasteiger partial charge is 0.490 e. The van der Waals surface area contributed by atoms with Crippen molar-refractivity contribution in [3.05, 3.63) is 94.7 Å². The number of aromatic nitrogens is 3. The molecule has 53 heavy (non-hydrogen) atoms. The van der Waals surface area contributed by atoms with E-state index in [0.29, 0.717) is 65.2 Å². The molecule has 1 amide bonds. The molecule has 1 fully saturated rings. The summed E-state index contributed by atoms with van der Waals surface area (Å²) in [5.74, 6) is -0.889. The van der Waals surface area contributed by atoms with Crippen LogP contribution in [-0.2, 0) is 27.7 Å². The van der Waals surface area contributed by atoms with Gasteiger partial charge in [0, 0.05) is 78.4 Å². The maximum Gasteiger partial charge on any atom is 0.339 e. The molecule has 0 spiro atoms. The molecular weight excluding hydrogens is 673 g/mol. The van der Waals surface area contributed by atoms with Crippen molar-refractivity contribution < 1.29 is 28.2 Å². The van der Waals surface area contributed by atoms with Crippen LogP contribution in [0.3, 0.4) is 0 Å². The summed E-state index contributed by atoms with van der Waals surface area (Å²) in [6.45, 7) is 12.5. The minimum Gasteiger partial charge on any atom is -0.490 e. The molecule has 10 nitrogen and oxygen atoms in total. The van der Waals surface area contributed by atoms with Crippen LogP contribution in [0.15, 0.2) is 60.8 Å². The minimum absolute atomic E-state index is 0.127. The van der Waals surface area contributed by atoms with Crippen LogP contribution < -0.4 is 9.64 Å². The van der Waals surface area contributed by atoms with E-state index in [1.165, 1.54) is 13.2 Å². The fraction of sp³-hybridized carbons (Fsp3) is 0.381. The van der Waals surface area contributed by atoms with Crippen molar-refractivity contribution in [3.63, 3.8) is 0 Å². The molecule has 3 aromatic heterocycles. The summed E-state index contributed by atoms with van der Waals surface area (Å²) in [5.41, 5.74) is 6.95. The average Bonchev–Trinajstić information content (AvgIpc) is 3.49. The highest BCUT2D eigenvalue weighted by Gasteiger charge is 2.35. The number of methoxy groups -OCH3 is 1. The number of amides is 1. The molecule has 5 heterocycles. The summed E-state index contributed by atoms with van der Waals surface area (Å²) >= 11 is 0. The van der Waals surface area contributed by atoms with E-state index in [0.717, 1.165) is 47.6 Å². The molecule has 11 heteroatoms. The Kier molecular flexibility index (Phi) is 9.71. The first-order valence-electron chi connectivity index (χ1n) is 18.1. The lowest BCUT2D eigenvalue weighted by Gasteiger charge is -2.36. The highest BCUT2D eigenvalue weighted by atomic mass is 19.1. The van der Waals surface area contributed by atoms with Crippen molar-refractivity contribution >= 4 is 28.6 Å². The molecule has 1 unspecified atom stereocenters. The van der Waals surface area contributed by atoms with Crippen molar-refractivity contribution in [1.29, 1.82) is 0 Å². The Hall–Kier alpha value is -5.29. The van der Waals surface area contributed by atoms with Crippen LogP contribution in [0.25, 0.3) is 33.4 Å². The van der Waals surface area contributed by atoms with Crippen molar-refractivity contribution in [3.8, 4) is 28.1 Å². The number of para-hydroxylation sites is 1. The molecule has 0 aliphatic carbocycles. The van der Waals surface area contributed by atoms with Crippen molar-refractivity contribution in [1.82, 2.24) is 19.4 Å². The van der Waals surface area contributed by atoms with Crippen LogP contribution in [0.5, 0.6) is 5.75 Å². The Bertz CT molecular complexity index is 2200. The van der Waals surface area contributed by atoms with Crippen molar-refractivity contribution in [2.75, 3.05) is 44.8 Å². The Morgan fingerprint density at radius 2 is 1.74 bits per heavy atom. The monoisotopic (exact) mass is 719 g/mol. The summed E-state index contributed by atoms with van der Waals surface area (Å²) in [4.78, 5) is 41.0. The summed E-state index contributed by atoms with van der Waals surface area (Å²) in [7, 11) is 3.24. The zero-order chi connectivity index (χ0) is 37.6. The molecule has 5 aromatic rings. The molecule has 276 valence electrons. The van der Waals surface area contributed by atoms with Crippen LogP contribution in [0.4, 0.5) is 10.1 Å². The summed E-state index contributed by atoms with van der Waals surface area (Å²) in [5, 5.41) is 0.704. The van der Waals surface area contributed by atoms with Gasteiger partial charge in [0.1, 0.15) is 11.3 Å². The second kappa shape index (κ2) is 14.3. The SMILES string of the molecule is COC(=O)C(OC(C)(C)C)c1c(C)nc2c(cc(-c3ccnc(C(=O)N4CCN(c5ccccc5)CC4)c3)n2C)c1-c1cc(F)c2c(c1C)CCCO2. The number of carbonyl (C=O) groups excluding carboxylic acids is 2. The molecule has 0 N–H and O–H groups in total. The molecule has 0 bridgehead atoms. The van der Waals surface area contributed by atoms with Gasteiger partial charge in [0.2, 0.25) is 0 Å². The quantitative estimate of drug-likeness (QED) is 0.161. The van der Waals surface area contributed by atoms with Gasteiger partial charge in [0.05, 0.1) is 25.0 Å². The molecule has 2 aromatic carbocycles. The second-order valence-electron chi connectivity index (χ2n) is 14.8. The fourth-order valence-electron chi connectivity index (χ4n) is 7.62. The summed E-state index contributed by atoms with van der Waals surface area (Å²) in [6, 6.07) is 17.4. The van der Waals surface area contributed by atoms with Gasteiger partial charge in [-0.25, -0.2) is 14.2 Å². The van der Waals surface area contributed by atoms with Gasteiger partial charge in [0.25, 0.3) is 5.91 Å². The number of esters is 1. The van der Waals surface area contributed by atoms with Gasteiger partial charge in [-0.2, -0.15) is 0 Å². The molecule has 0 saturated carbocycles. The second-order valence-corrected chi connectivity index (χ2v) is 14.8. The van der Waals surface area contributed by atoms with Gasteiger partial charge in [-0.1, -0.05) is 18.2 Å². The third-order valence-electron chi connectivity index (χ3n) is 10.2. The Labute approximate surface area is 309 Å². The van der Waals surface area contributed by atoms with E-state index in [1.54, 1.807) is 6.20 Å². The number of ether oxygens (including phenoxy) is 3. The van der Waals surface area contributed by atoms with Gasteiger partial charge in [-0.3, -0.25) is 9.78 Å². The number of carbonyl (C=O) groups is 2. The smallest absolute Gasteiger partial charge is 0.339 e. The number of rotatable bonds is 7. The molecule has 2 aliphatic heterocycles. The van der Waals surface area contributed by atoms with E-state index in [9.17, 15) is 9.59 Å². The third-order valence-corrected chi connectivity index (χ3v) is 10.2. The normalized spacial score (nSPS) is 15.2. The number of anilines is 1. The maximum atomic E-state index is 15.9. The topological polar surface area (TPSA) is 99.0 Å². The summed E-state index contributed by atoms with van der Waals surface area (Å²) < 4.78 is 35.4. The van der Waals surface area contributed by atoms with Gasteiger partial charge < -0.3 is 28.6 Å². The van der Waals surface area contributed by atoms with E-state index in [-0.39, 0.29) is 11.7 Å². The molecule has 1 saturated heterocycles. The van der Waals surface area contributed by atoms with Crippen molar-refractivity contribution in [2.24, 2.45) is 7.05 Å². The Morgan fingerprint density at radius 3 is 2.43 bits per heavy atom. The molecular formula is C42H46FN5O5. The fourth-order valence-corrected chi connectivity index (χ4v) is 7.62. The number of nitrogens with zero attached hydrogens (tertiary/aromatic N) is 5. The van der Waals surface area contributed by atoms with Gasteiger partial charge >= 0.3 is 5.97 Å². The van der Waals surface area contributed by atoms with E-state index in [2.05, 4.69) is 22.0 Å². The number of fused-ring (bicyclic) bond motifs is 2.